The van der Waals surface area contributed by atoms with Crippen LogP contribution in [0.1, 0.15) is 35.5 Å². The van der Waals surface area contributed by atoms with Crippen molar-refractivity contribution in [2.24, 2.45) is 0 Å². The van der Waals surface area contributed by atoms with Gasteiger partial charge in [-0.1, -0.05) is 0 Å². The molecular formula is C12H18N2O5S2. The second-order valence-corrected chi connectivity index (χ2v) is 7.80. The van der Waals surface area contributed by atoms with Crippen molar-refractivity contribution in [1.29, 1.82) is 0 Å². The Labute approximate surface area is 127 Å². The number of nitrogens with one attached hydrogen (secondary N) is 2. The van der Waals surface area contributed by atoms with Crippen molar-refractivity contribution in [2.45, 2.75) is 37.4 Å². The molecule has 0 saturated carbocycles. The molecule has 1 rings (SSSR count). The van der Waals surface area contributed by atoms with Crippen molar-refractivity contribution in [1.82, 2.24) is 10.0 Å². The summed E-state index contributed by atoms with van der Waals surface area (Å²) in [7, 11) is -3.79. The SMILES string of the molecule is Cc1cc(S(=O)(=O)NCCC(=O)NC(C)C)sc1C(=O)O. The van der Waals surface area contributed by atoms with Gasteiger partial charge in [0, 0.05) is 19.0 Å². The molecule has 7 nitrogen and oxygen atoms in total. The number of aromatic carboxylic acids is 1. The summed E-state index contributed by atoms with van der Waals surface area (Å²) in [6, 6.07) is 1.30. The van der Waals surface area contributed by atoms with E-state index in [1.165, 1.54) is 13.0 Å². The number of carboxylic acids is 1. The molecule has 0 bridgehead atoms. The molecule has 0 aliphatic carbocycles. The van der Waals surface area contributed by atoms with Crippen LogP contribution in [0, 0.1) is 6.92 Å². The summed E-state index contributed by atoms with van der Waals surface area (Å²) in [5, 5.41) is 11.6. The lowest BCUT2D eigenvalue weighted by Crippen LogP contribution is -2.33. The molecule has 0 unspecified atom stereocenters. The number of rotatable bonds is 7. The third-order valence-corrected chi connectivity index (χ3v) is 5.61. The van der Waals surface area contributed by atoms with E-state index < -0.39 is 16.0 Å². The van der Waals surface area contributed by atoms with Gasteiger partial charge in [-0.25, -0.2) is 17.9 Å². The van der Waals surface area contributed by atoms with E-state index in [2.05, 4.69) is 10.0 Å². The smallest absolute Gasteiger partial charge is 0.346 e. The molecule has 0 saturated heterocycles. The number of sulfonamides is 1. The first-order valence-electron chi connectivity index (χ1n) is 6.26. The largest absolute Gasteiger partial charge is 0.477 e. The van der Waals surface area contributed by atoms with Gasteiger partial charge in [-0.15, -0.1) is 11.3 Å². The van der Waals surface area contributed by atoms with E-state index in [1.54, 1.807) is 0 Å². The van der Waals surface area contributed by atoms with Crippen LogP contribution in [0.5, 0.6) is 0 Å². The quantitative estimate of drug-likeness (QED) is 0.687. The van der Waals surface area contributed by atoms with Gasteiger partial charge in [0.25, 0.3) is 0 Å². The molecule has 0 radical (unpaired) electrons. The van der Waals surface area contributed by atoms with Gasteiger partial charge in [0.15, 0.2) is 0 Å². The lowest BCUT2D eigenvalue weighted by molar-refractivity contribution is -0.121. The second-order valence-electron chi connectivity index (χ2n) is 4.75. The van der Waals surface area contributed by atoms with Gasteiger partial charge in [0.1, 0.15) is 9.09 Å². The zero-order valence-corrected chi connectivity index (χ0v) is 13.6. The molecule has 21 heavy (non-hydrogen) atoms. The Morgan fingerprint density at radius 3 is 2.48 bits per heavy atom. The fourth-order valence-corrected chi connectivity index (χ4v) is 4.02. The van der Waals surface area contributed by atoms with E-state index in [1.807, 2.05) is 13.8 Å². The van der Waals surface area contributed by atoms with Crippen LogP contribution in [0.15, 0.2) is 10.3 Å². The number of hydrogen-bond acceptors (Lipinski definition) is 5. The zero-order valence-electron chi connectivity index (χ0n) is 12.0. The summed E-state index contributed by atoms with van der Waals surface area (Å²) in [6.45, 7) is 5.11. The summed E-state index contributed by atoms with van der Waals surface area (Å²) >= 11 is 0.693. The molecule has 0 fully saturated rings. The number of aryl methyl sites for hydroxylation is 1. The molecule has 3 N–H and O–H groups in total. The maximum absolute atomic E-state index is 12.0. The standard InChI is InChI=1S/C12H18N2O5S2/c1-7(2)14-9(15)4-5-13-21(18,19)10-6-8(3)11(20-10)12(16)17/h6-7,13H,4-5H2,1-3H3,(H,14,15)(H,16,17). The van der Waals surface area contributed by atoms with Crippen LogP contribution in [0.2, 0.25) is 0 Å². The normalized spacial score (nSPS) is 11.6. The highest BCUT2D eigenvalue weighted by atomic mass is 32.2. The van der Waals surface area contributed by atoms with Crippen molar-refractivity contribution < 1.29 is 23.1 Å². The van der Waals surface area contributed by atoms with Gasteiger partial charge in [0.05, 0.1) is 0 Å². The van der Waals surface area contributed by atoms with E-state index in [0.717, 1.165) is 0 Å². The first kappa shape index (κ1) is 17.6. The second kappa shape index (κ2) is 7.01. The Hall–Kier alpha value is -1.45. The number of carbonyl (C=O) groups excluding carboxylic acids is 1. The maximum atomic E-state index is 12.0. The van der Waals surface area contributed by atoms with E-state index in [4.69, 9.17) is 5.11 Å². The minimum Gasteiger partial charge on any atom is -0.477 e. The van der Waals surface area contributed by atoms with E-state index in [9.17, 15) is 18.0 Å². The Balaban J connectivity index is 2.68. The molecule has 0 aliphatic heterocycles. The summed E-state index contributed by atoms with van der Waals surface area (Å²) in [5.41, 5.74) is 0.394. The first-order chi connectivity index (χ1) is 9.63. The van der Waals surface area contributed by atoms with Gasteiger partial charge in [-0.2, -0.15) is 0 Å². The third kappa shape index (κ3) is 5.10. The first-order valence-corrected chi connectivity index (χ1v) is 8.56. The molecule has 118 valence electrons. The molecule has 0 spiro atoms. The number of thiophene rings is 1. The number of hydrogen-bond donors (Lipinski definition) is 3. The number of amides is 1. The van der Waals surface area contributed by atoms with Gasteiger partial charge in [-0.05, 0) is 32.4 Å². The minimum absolute atomic E-state index is 0.00655. The fourth-order valence-electron chi connectivity index (χ4n) is 1.56. The summed E-state index contributed by atoms with van der Waals surface area (Å²) in [6.07, 6.45) is 0.0214. The van der Waals surface area contributed by atoms with Crippen molar-refractivity contribution in [3.63, 3.8) is 0 Å². The highest BCUT2D eigenvalue weighted by Gasteiger charge is 2.21. The van der Waals surface area contributed by atoms with Crippen molar-refractivity contribution in [3.05, 3.63) is 16.5 Å². The molecular weight excluding hydrogens is 316 g/mol. The number of carboxylic acid groups (broad SMARTS) is 1. The van der Waals surface area contributed by atoms with Crippen LogP contribution >= 0.6 is 11.3 Å². The van der Waals surface area contributed by atoms with Crippen LogP contribution in [0.4, 0.5) is 0 Å². The molecule has 0 aliphatic rings. The summed E-state index contributed by atoms with van der Waals surface area (Å²) < 4.78 is 26.2. The van der Waals surface area contributed by atoms with Gasteiger partial charge in [-0.3, -0.25) is 4.79 Å². The average Bonchev–Trinajstić information content (AvgIpc) is 2.70. The van der Waals surface area contributed by atoms with Crippen molar-refractivity contribution in [3.8, 4) is 0 Å². The number of carbonyl (C=O) groups is 2. The van der Waals surface area contributed by atoms with Crippen LogP contribution in [0.3, 0.4) is 0 Å². The monoisotopic (exact) mass is 334 g/mol. The predicted molar refractivity (Wildman–Crippen MR) is 79.1 cm³/mol. The fraction of sp³-hybridized carbons (Fsp3) is 0.500. The molecule has 1 amide bonds. The van der Waals surface area contributed by atoms with Crippen LogP contribution in [0.25, 0.3) is 0 Å². The summed E-state index contributed by atoms with van der Waals surface area (Å²) in [5.74, 6) is -1.41. The Bertz CT molecular complexity index is 634. The van der Waals surface area contributed by atoms with Crippen molar-refractivity contribution in [2.75, 3.05) is 6.54 Å². The molecule has 1 aromatic rings. The van der Waals surface area contributed by atoms with Gasteiger partial charge >= 0.3 is 5.97 Å². The molecule has 0 atom stereocenters. The molecule has 0 aromatic carbocycles. The van der Waals surface area contributed by atoms with E-state index >= 15 is 0 Å². The highest BCUT2D eigenvalue weighted by Crippen LogP contribution is 2.25. The Morgan fingerprint density at radius 1 is 1.38 bits per heavy atom. The molecule has 1 heterocycles. The third-order valence-electron chi connectivity index (χ3n) is 2.45. The Morgan fingerprint density at radius 2 is 2.00 bits per heavy atom. The molecule has 9 heteroatoms. The zero-order chi connectivity index (χ0) is 16.2. The summed E-state index contributed by atoms with van der Waals surface area (Å²) in [4.78, 5) is 22.3. The predicted octanol–water partition coefficient (Wildman–Crippen LogP) is 0.948. The highest BCUT2D eigenvalue weighted by molar-refractivity contribution is 7.91. The maximum Gasteiger partial charge on any atom is 0.346 e. The van der Waals surface area contributed by atoms with E-state index in [0.29, 0.717) is 16.9 Å². The van der Waals surface area contributed by atoms with Crippen LogP contribution in [-0.2, 0) is 14.8 Å². The molecule has 1 aromatic heterocycles. The minimum atomic E-state index is -3.79. The topological polar surface area (TPSA) is 113 Å². The lowest BCUT2D eigenvalue weighted by Gasteiger charge is -2.08. The lowest BCUT2D eigenvalue weighted by atomic mass is 10.3. The van der Waals surface area contributed by atoms with Gasteiger partial charge < -0.3 is 10.4 Å². The van der Waals surface area contributed by atoms with Gasteiger partial charge in [0.2, 0.25) is 15.9 Å². The van der Waals surface area contributed by atoms with Crippen LogP contribution < -0.4 is 10.0 Å². The Kier molecular flexibility index (Phi) is 5.87. The average molecular weight is 334 g/mol. The van der Waals surface area contributed by atoms with Crippen molar-refractivity contribution >= 4 is 33.2 Å². The van der Waals surface area contributed by atoms with Crippen LogP contribution in [-0.4, -0.2) is 38.0 Å². The van der Waals surface area contributed by atoms with E-state index in [-0.39, 0.29) is 34.0 Å².